The Balaban J connectivity index is 1.99. The van der Waals surface area contributed by atoms with Gasteiger partial charge in [-0.25, -0.2) is 4.68 Å². The van der Waals surface area contributed by atoms with Crippen molar-refractivity contribution in [3.05, 3.63) is 74.5 Å². The summed E-state index contributed by atoms with van der Waals surface area (Å²) in [5, 5.41) is 5.48. The van der Waals surface area contributed by atoms with Crippen LogP contribution in [0.3, 0.4) is 0 Å². The first-order chi connectivity index (χ1) is 12.5. The third-order valence-electron chi connectivity index (χ3n) is 3.88. The van der Waals surface area contributed by atoms with Crippen molar-refractivity contribution < 1.29 is 9.47 Å². The lowest BCUT2D eigenvalue weighted by Crippen LogP contribution is -2.23. The van der Waals surface area contributed by atoms with Crippen molar-refractivity contribution in [2.75, 3.05) is 14.2 Å². The molecule has 1 heterocycles. The first kappa shape index (κ1) is 18.3. The van der Waals surface area contributed by atoms with Crippen LogP contribution in [0.5, 0.6) is 11.5 Å². The minimum atomic E-state index is -0.222. The summed E-state index contributed by atoms with van der Waals surface area (Å²) in [6.07, 6.45) is 0. The Morgan fingerprint density at radius 2 is 1.73 bits per heavy atom. The molecule has 134 valence electrons. The van der Waals surface area contributed by atoms with E-state index in [9.17, 15) is 4.79 Å². The molecule has 0 amide bonds. The zero-order valence-electron chi connectivity index (χ0n) is 14.2. The number of nitrogens with zero attached hydrogens (tertiary/aromatic N) is 2. The van der Waals surface area contributed by atoms with Crippen molar-refractivity contribution in [2.45, 2.75) is 6.54 Å². The highest BCUT2D eigenvalue weighted by molar-refractivity contribution is 6.35. The third kappa shape index (κ3) is 3.84. The monoisotopic (exact) mass is 390 g/mol. The molecule has 7 heteroatoms. The number of halogens is 2. The van der Waals surface area contributed by atoms with E-state index in [2.05, 4.69) is 5.10 Å². The molecule has 0 aliphatic heterocycles. The molecule has 2 aromatic carbocycles. The molecule has 0 N–H and O–H groups in total. The van der Waals surface area contributed by atoms with E-state index in [4.69, 9.17) is 32.7 Å². The van der Waals surface area contributed by atoms with E-state index >= 15 is 0 Å². The Morgan fingerprint density at radius 1 is 0.962 bits per heavy atom. The molecule has 0 radical (unpaired) electrons. The molecule has 5 nitrogen and oxygen atoms in total. The zero-order chi connectivity index (χ0) is 18.7. The van der Waals surface area contributed by atoms with Gasteiger partial charge in [0.1, 0.15) is 0 Å². The number of ether oxygens (including phenoxy) is 2. The molecule has 0 saturated carbocycles. The fourth-order valence-electron chi connectivity index (χ4n) is 2.52. The van der Waals surface area contributed by atoms with Crippen molar-refractivity contribution in [3.8, 4) is 22.8 Å². The van der Waals surface area contributed by atoms with Gasteiger partial charge in [0.25, 0.3) is 5.56 Å². The number of aromatic nitrogens is 2. The normalized spacial score (nSPS) is 10.6. The zero-order valence-corrected chi connectivity index (χ0v) is 15.7. The molecule has 0 atom stereocenters. The molecular weight excluding hydrogens is 375 g/mol. The molecular formula is C19H16Cl2N2O3. The molecule has 0 bridgehead atoms. The van der Waals surface area contributed by atoms with E-state index < -0.39 is 0 Å². The number of hydrogen-bond acceptors (Lipinski definition) is 4. The van der Waals surface area contributed by atoms with E-state index in [1.165, 1.54) is 10.7 Å². The predicted molar refractivity (Wildman–Crippen MR) is 103 cm³/mol. The highest BCUT2D eigenvalue weighted by Gasteiger charge is 2.10. The van der Waals surface area contributed by atoms with Crippen LogP contribution in [0, 0.1) is 0 Å². The molecule has 3 rings (SSSR count). The molecule has 0 aliphatic carbocycles. The van der Waals surface area contributed by atoms with Gasteiger partial charge in [-0.3, -0.25) is 4.79 Å². The Labute approximate surface area is 160 Å². The summed E-state index contributed by atoms with van der Waals surface area (Å²) in [4.78, 5) is 12.2. The van der Waals surface area contributed by atoms with Gasteiger partial charge in [0.05, 0.1) is 26.5 Å². The lowest BCUT2D eigenvalue weighted by Gasteiger charge is -2.11. The van der Waals surface area contributed by atoms with Gasteiger partial charge < -0.3 is 9.47 Å². The average Bonchev–Trinajstić information content (AvgIpc) is 2.65. The second kappa shape index (κ2) is 7.81. The molecule has 0 aliphatic rings. The van der Waals surface area contributed by atoms with Crippen molar-refractivity contribution in [2.24, 2.45) is 0 Å². The largest absolute Gasteiger partial charge is 0.493 e. The van der Waals surface area contributed by atoms with Gasteiger partial charge in [-0.1, -0.05) is 29.3 Å². The summed E-state index contributed by atoms with van der Waals surface area (Å²) >= 11 is 12.1. The molecule has 0 saturated heterocycles. The van der Waals surface area contributed by atoms with Gasteiger partial charge in [0.15, 0.2) is 11.5 Å². The summed E-state index contributed by atoms with van der Waals surface area (Å²) < 4.78 is 11.9. The van der Waals surface area contributed by atoms with Gasteiger partial charge in [-0.15, -0.1) is 0 Å². The number of methoxy groups -OCH3 is 2. The summed E-state index contributed by atoms with van der Waals surface area (Å²) in [5.41, 5.74) is 1.98. The van der Waals surface area contributed by atoms with Gasteiger partial charge in [0, 0.05) is 21.7 Å². The molecule has 0 unspecified atom stereocenters. The maximum Gasteiger partial charge on any atom is 0.267 e. The van der Waals surface area contributed by atoms with Crippen LogP contribution in [0.4, 0.5) is 0 Å². The van der Waals surface area contributed by atoms with Crippen molar-refractivity contribution in [3.63, 3.8) is 0 Å². The SMILES string of the molecule is COc1ccc(-c2ccc(=O)n(Cc3ccc(Cl)cc3Cl)n2)cc1OC. The summed E-state index contributed by atoms with van der Waals surface area (Å²) in [7, 11) is 3.14. The van der Waals surface area contributed by atoms with E-state index in [1.807, 2.05) is 12.1 Å². The Bertz CT molecular complexity index is 1000. The summed E-state index contributed by atoms with van der Waals surface area (Å²) in [6, 6.07) is 13.8. The van der Waals surface area contributed by atoms with Crippen LogP contribution in [0.2, 0.25) is 10.0 Å². The van der Waals surface area contributed by atoms with Crippen LogP contribution in [0.15, 0.2) is 53.3 Å². The minimum Gasteiger partial charge on any atom is -0.493 e. The molecule has 26 heavy (non-hydrogen) atoms. The smallest absolute Gasteiger partial charge is 0.267 e. The van der Waals surface area contributed by atoms with Crippen LogP contribution in [0.25, 0.3) is 11.3 Å². The quantitative estimate of drug-likeness (QED) is 0.652. The number of hydrogen-bond donors (Lipinski definition) is 0. The molecule has 0 fully saturated rings. The van der Waals surface area contributed by atoms with Crippen LogP contribution in [-0.4, -0.2) is 24.0 Å². The van der Waals surface area contributed by atoms with Gasteiger partial charge in [-0.2, -0.15) is 5.10 Å². The highest BCUT2D eigenvalue weighted by Crippen LogP contribution is 2.31. The maximum absolute atomic E-state index is 12.2. The Morgan fingerprint density at radius 3 is 2.42 bits per heavy atom. The van der Waals surface area contributed by atoms with Crippen LogP contribution in [-0.2, 0) is 6.54 Å². The second-order valence-electron chi connectivity index (χ2n) is 5.52. The average molecular weight is 391 g/mol. The summed E-state index contributed by atoms with van der Waals surface area (Å²) in [5.74, 6) is 1.21. The molecule has 0 spiro atoms. The first-order valence-electron chi connectivity index (χ1n) is 7.76. The second-order valence-corrected chi connectivity index (χ2v) is 6.36. The van der Waals surface area contributed by atoms with Gasteiger partial charge >= 0.3 is 0 Å². The van der Waals surface area contributed by atoms with E-state index in [0.29, 0.717) is 27.2 Å². The van der Waals surface area contributed by atoms with Crippen molar-refractivity contribution in [1.29, 1.82) is 0 Å². The van der Waals surface area contributed by atoms with E-state index in [1.54, 1.807) is 44.6 Å². The summed E-state index contributed by atoms with van der Waals surface area (Å²) in [6.45, 7) is 0.246. The van der Waals surface area contributed by atoms with Gasteiger partial charge in [-0.05, 0) is 42.0 Å². The molecule has 3 aromatic rings. The molecule has 1 aromatic heterocycles. The van der Waals surface area contributed by atoms with E-state index in [-0.39, 0.29) is 12.1 Å². The first-order valence-corrected chi connectivity index (χ1v) is 8.52. The topological polar surface area (TPSA) is 53.4 Å². The Hall–Kier alpha value is -2.50. The van der Waals surface area contributed by atoms with Gasteiger partial charge in [0.2, 0.25) is 0 Å². The fourth-order valence-corrected chi connectivity index (χ4v) is 2.99. The number of benzene rings is 2. The lowest BCUT2D eigenvalue weighted by atomic mass is 10.1. The number of rotatable bonds is 5. The fraction of sp³-hybridized carbons (Fsp3) is 0.158. The van der Waals surface area contributed by atoms with E-state index in [0.717, 1.165) is 11.1 Å². The Kier molecular flexibility index (Phi) is 5.49. The standard InChI is InChI=1S/C19H16Cl2N2O3/c1-25-17-7-4-12(9-18(17)26-2)16-6-8-19(24)23(22-16)11-13-3-5-14(20)10-15(13)21/h3-10H,11H2,1-2H3. The van der Waals surface area contributed by atoms with Crippen molar-refractivity contribution in [1.82, 2.24) is 9.78 Å². The third-order valence-corrected chi connectivity index (χ3v) is 4.47. The maximum atomic E-state index is 12.2. The van der Waals surface area contributed by atoms with Crippen LogP contribution < -0.4 is 15.0 Å². The minimum absolute atomic E-state index is 0.222. The predicted octanol–water partition coefficient (Wildman–Crippen LogP) is 4.28. The van der Waals surface area contributed by atoms with Crippen molar-refractivity contribution >= 4 is 23.2 Å². The van der Waals surface area contributed by atoms with Crippen LogP contribution >= 0.6 is 23.2 Å². The van der Waals surface area contributed by atoms with Crippen LogP contribution in [0.1, 0.15) is 5.56 Å². The highest BCUT2D eigenvalue weighted by atomic mass is 35.5. The lowest BCUT2D eigenvalue weighted by molar-refractivity contribution is 0.355.